The van der Waals surface area contributed by atoms with Crippen LogP contribution in [0.1, 0.15) is 38.3 Å². The van der Waals surface area contributed by atoms with Crippen molar-refractivity contribution in [1.29, 1.82) is 0 Å². The lowest BCUT2D eigenvalue weighted by Gasteiger charge is -2.16. The number of aliphatic hydroxyl groups is 1. The smallest absolute Gasteiger partial charge is 0.145 e. The standard InChI is InChI=1S/C15H20O2/c1-12(11-16)9-14-6-4-5-13(10-14)7-8-15(2,3)17/h4-6,9-11,17H,7-8H2,1-3H3. The summed E-state index contributed by atoms with van der Waals surface area (Å²) in [6, 6.07) is 8.04. The molecule has 0 heterocycles. The number of rotatable bonds is 5. The molecular weight excluding hydrogens is 212 g/mol. The molecule has 0 radical (unpaired) electrons. The van der Waals surface area contributed by atoms with Crippen LogP contribution in [-0.4, -0.2) is 17.0 Å². The molecule has 1 aromatic carbocycles. The molecule has 0 atom stereocenters. The van der Waals surface area contributed by atoms with Crippen LogP contribution in [0.25, 0.3) is 6.08 Å². The van der Waals surface area contributed by atoms with E-state index in [1.165, 1.54) is 5.56 Å². The van der Waals surface area contributed by atoms with Crippen LogP contribution in [0.3, 0.4) is 0 Å². The number of carbonyl (C=O) groups excluding carboxylic acids is 1. The fourth-order valence-electron chi connectivity index (χ4n) is 1.59. The van der Waals surface area contributed by atoms with E-state index in [9.17, 15) is 9.90 Å². The van der Waals surface area contributed by atoms with E-state index in [2.05, 4.69) is 6.07 Å². The number of hydrogen-bond donors (Lipinski definition) is 1. The van der Waals surface area contributed by atoms with Crippen molar-refractivity contribution in [1.82, 2.24) is 0 Å². The van der Waals surface area contributed by atoms with Gasteiger partial charge in [-0.1, -0.05) is 24.3 Å². The third-order valence-electron chi connectivity index (χ3n) is 2.56. The molecule has 0 aliphatic rings. The first-order chi connectivity index (χ1) is 7.90. The zero-order valence-electron chi connectivity index (χ0n) is 10.7. The van der Waals surface area contributed by atoms with Gasteiger partial charge in [0.2, 0.25) is 0 Å². The van der Waals surface area contributed by atoms with E-state index in [0.29, 0.717) is 5.57 Å². The van der Waals surface area contributed by atoms with Crippen LogP contribution in [0.4, 0.5) is 0 Å². The Morgan fingerprint density at radius 1 is 1.41 bits per heavy atom. The van der Waals surface area contributed by atoms with E-state index < -0.39 is 5.60 Å². The molecule has 0 fully saturated rings. The third-order valence-corrected chi connectivity index (χ3v) is 2.56. The van der Waals surface area contributed by atoms with Crippen molar-refractivity contribution < 1.29 is 9.90 Å². The summed E-state index contributed by atoms with van der Waals surface area (Å²) in [6.07, 6.45) is 4.28. The number of aryl methyl sites for hydroxylation is 1. The summed E-state index contributed by atoms with van der Waals surface area (Å²) in [5.41, 5.74) is 2.29. The van der Waals surface area contributed by atoms with Crippen molar-refractivity contribution in [3.8, 4) is 0 Å². The number of hydrogen-bond acceptors (Lipinski definition) is 2. The average molecular weight is 232 g/mol. The van der Waals surface area contributed by atoms with Crippen LogP contribution in [0, 0.1) is 0 Å². The number of aldehydes is 1. The Labute approximate surface area is 103 Å². The normalized spacial score (nSPS) is 12.6. The first-order valence-corrected chi connectivity index (χ1v) is 5.85. The second-order valence-corrected chi connectivity index (χ2v) is 5.06. The summed E-state index contributed by atoms with van der Waals surface area (Å²) in [5, 5.41) is 9.67. The third kappa shape index (κ3) is 5.45. The van der Waals surface area contributed by atoms with Gasteiger partial charge in [0.05, 0.1) is 5.60 Å². The molecule has 1 N–H and O–H groups in total. The van der Waals surface area contributed by atoms with E-state index >= 15 is 0 Å². The minimum atomic E-state index is -0.634. The van der Waals surface area contributed by atoms with Gasteiger partial charge < -0.3 is 5.11 Å². The Morgan fingerprint density at radius 2 is 2.12 bits per heavy atom. The topological polar surface area (TPSA) is 37.3 Å². The molecule has 0 aliphatic carbocycles. The summed E-state index contributed by atoms with van der Waals surface area (Å²) in [5.74, 6) is 0. The van der Waals surface area contributed by atoms with E-state index in [-0.39, 0.29) is 0 Å². The highest BCUT2D eigenvalue weighted by molar-refractivity contribution is 5.80. The summed E-state index contributed by atoms with van der Waals surface area (Å²) < 4.78 is 0. The number of benzene rings is 1. The van der Waals surface area contributed by atoms with Gasteiger partial charge in [-0.3, -0.25) is 4.79 Å². The molecule has 92 valence electrons. The maximum Gasteiger partial charge on any atom is 0.145 e. The van der Waals surface area contributed by atoms with Crippen LogP contribution >= 0.6 is 0 Å². The Kier molecular flexibility index (Phi) is 4.64. The van der Waals surface area contributed by atoms with Crippen LogP contribution in [0.15, 0.2) is 29.8 Å². The van der Waals surface area contributed by atoms with E-state index in [4.69, 9.17) is 0 Å². The molecule has 0 amide bonds. The Hall–Kier alpha value is -1.41. The summed E-state index contributed by atoms with van der Waals surface area (Å²) in [7, 11) is 0. The monoisotopic (exact) mass is 232 g/mol. The van der Waals surface area contributed by atoms with E-state index in [1.807, 2.05) is 38.1 Å². The quantitative estimate of drug-likeness (QED) is 0.626. The zero-order valence-corrected chi connectivity index (χ0v) is 10.7. The molecule has 2 nitrogen and oxygen atoms in total. The van der Waals surface area contributed by atoms with Gasteiger partial charge in [0.15, 0.2) is 0 Å². The van der Waals surface area contributed by atoms with Crippen LogP contribution in [0.2, 0.25) is 0 Å². The summed E-state index contributed by atoms with van der Waals surface area (Å²) in [6.45, 7) is 5.41. The maximum atomic E-state index is 10.5. The fraction of sp³-hybridized carbons (Fsp3) is 0.400. The molecule has 2 heteroatoms. The largest absolute Gasteiger partial charge is 0.390 e. The van der Waals surface area contributed by atoms with Crippen molar-refractivity contribution in [3.63, 3.8) is 0 Å². The Bertz CT molecular complexity index is 411. The molecule has 0 aromatic heterocycles. The first kappa shape index (κ1) is 13.7. The molecule has 17 heavy (non-hydrogen) atoms. The predicted octanol–water partition coefficient (Wildman–Crippen LogP) is 2.99. The highest BCUT2D eigenvalue weighted by atomic mass is 16.3. The van der Waals surface area contributed by atoms with Crippen molar-refractivity contribution >= 4 is 12.4 Å². The molecule has 1 rings (SSSR count). The van der Waals surface area contributed by atoms with Gasteiger partial charge in [0.25, 0.3) is 0 Å². The lowest BCUT2D eigenvalue weighted by atomic mass is 9.97. The van der Waals surface area contributed by atoms with Gasteiger partial charge in [-0.25, -0.2) is 0 Å². The van der Waals surface area contributed by atoms with Crippen molar-refractivity contribution in [2.75, 3.05) is 0 Å². The van der Waals surface area contributed by atoms with Crippen molar-refractivity contribution in [2.45, 2.75) is 39.2 Å². The van der Waals surface area contributed by atoms with Gasteiger partial charge in [-0.2, -0.15) is 0 Å². The van der Waals surface area contributed by atoms with Crippen LogP contribution < -0.4 is 0 Å². The summed E-state index contributed by atoms with van der Waals surface area (Å²) >= 11 is 0. The minimum absolute atomic E-state index is 0.634. The SMILES string of the molecule is CC(C=O)=Cc1cccc(CCC(C)(C)O)c1. The highest BCUT2D eigenvalue weighted by Gasteiger charge is 2.11. The molecule has 0 unspecified atom stereocenters. The molecule has 0 saturated carbocycles. The molecule has 0 aliphatic heterocycles. The van der Waals surface area contributed by atoms with Gasteiger partial charge >= 0.3 is 0 Å². The highest BCUT2D eigenvalue weighted by Crippen LogP contribution is 2.15. The zero-order chi connectivity index (χ0) is 12.9. The summed E-state index contributed by atoms with van der Waals surface area (Å²) in [4.78, 5) is 10.5. The molecule has 0 spiro atoms. The average Bonchev–Trinajstić information content (AvgIpc) is 2.26. The second-order valence-electron chi connectivity index (χ2n) is 5.06. The van der Waals surface area contributed by atoms with E-state index in [0.717, 1.165) is 24.7 Å². The fourth-order valence-corrected chi connectivity index (χ4v) is 1.59. The minimum Gasteiger partial charge on any atom is -0.390 e. The van der Waals surface area contributed by atoms with Gasteiger partial charge in [-0.05, 0) is 56.4 Å². The van der Waals surface area contributed by atoms with E-state index in [1.54, 1.807) is 6.92 Å². The van der Waals surface area contributed by atoms with Crippen LogP contribution in [0.5, 0.6) is 0 Å². The van der Waals surface area contributed by atoms with Gasteiger partial charge in [0, 0.05) is 0 Å². The van der Waals surface area contributed by atoms with Gasteiger partial charge in [0.1, 0.15) is 6.29 Å². The number of allylic oxidation sites excluding steroid dienone is 1. The predicted molar refractivity (Wildman–Crippen MR) is 70.8 cm³/mol. The molecule has 1 aromatic rings. The first-order valence-electron chi connectivity index (χ1n) is 5.85. The van der Waals surface area contributed by atoms with Crippen molar-refractivity contribution in [3.05, 3.63) is 41.0 Å². The molecular formula is C15H20O2. The Balaban J connectivity index is 2.76. The van der Waals surface area contributed by atoms with Crippen molar-refractivity contribution in [2.24, 2.45) is 0 Å². The lowest BCUT2D eigenvalue weighted by molar-refractivity contribution is -0.104. The van der Waals surface area contributed by atoms with Gasteiger partial charge in [-0.15, -0.1) is 0 Å². The molecule has 0 bridgehead atoms. The maximum absolute atomic E-state index is 10.5. The second kappa shape index (κ2) is 5.78. The van der Waals surface area contributed by atoms with Crippen LogP contribution in [-0.2, 0) is 11.2 Å². The Morgan fingerprint density at radius 3 is 2.71 bits per heavy atom. The number of carbonyl (C=O) groups is 1. The lowest BCUT2D eigenvalue weighted by Crippen LogP contribution is -2.19. The molecule has 0 saturated heterocycles.